The van der Waals surface area contributed by atoms with Crippen LogP contribution in [0.5, 0.6) is 0 Å². The Labute approximate surface area is 108 Å². The molecule has 1 nitrogen and oxygen atoms in total. The van der Waals surface area contributed by atoms with Gasteiger partial charge in [0.15, 0.2) is 0 Å². The lowest BCUT2D eigenvalue weighted by molar-refractivity contribution is 0.595. The van der Waals surface area contributed by atoms with Gasteiger partial charge in [0.1, 0.15) is 5.82 Å². The molecular weight excluding hydrogens is 225 g/mol. The van der Waals surface area contributed by atoms with E-state index in [9.17, 15) is 4.39 Å². The highest BCUT2D eigenvalue weighted by Gasteiger charge is 2.12. The molecule has 0 aliphatic heterocycles. The minimum atomic E-state index is -0.174. The molecule has 1 atom stereocenters. The van der Waals surface area contributed by atoms with Crippen LogP contribution in [0.3, 0.4) is 0 Å². The van der Waals surface area contributed by atoms with E-state index in [4.69, 9.17) is 0 Å². The summed E-state index contributed by atoms with van der Waals surface area (Å²) < 4.78 is 13.0. The van der Waals surface area contributed by atoms with Crippen molar-refractivity contribution in [3.05, 3.63) is 65.7 Å². The van der Waals surface area contributed by atoms with E-state index < -0.39 is 0 Å². The van der Waals surface area contributed by atoms with Crippen LogP contribution in [0, 0.1) is 5.82 Å². The van der Waals surface area contributed by atoms with Gasteiger partial charge in [-0.25, -0.2) is 4.39 Å². The number of halogens is 1. The predicted molar refractivity (Wildman–Crippen MR) is 72.0 cm³/mol. The van der Waals surface area contributed by atoms with Crippen molar-refractivity contribution in [1.82, 2.24) is 4.98 Å². The Morgan fingerprint density at radius 1 is 1.11 bits per heavy atom. The van der Waals surface area contributed by atoms with E-state index in [1.807, 2.05) is 36.5 Å². The molecular formula is C16H18FN. The van der Waals surface area contributed by atoms with Gasteiger partial charge < -0.3 is 0 Å². The molecule has 1 aromatic heterocycles. The zero-order valence-corrected chi connectivity index (χ0v) is 10.6. The first-order valence-electron chi connectivity index (χ1n) is 6.45. The van der Waals surface area contributed by atoms with Crippen LogP contribution >= 0.6 is 0 Å². The van der Waals surface area contributed by atoms with Crippen molar-refractivity contribution in [2.24, 2.45) is 0 Å². The third-order valence-corrected chi connectivity index (χ3v) is 3.16. The molecule has 1 heterocycles. The molecule has 18 heavy (non-hydrogen) atoms. The molecule has 2 heteroatoms. The molecule has 0 aliphatic rings. The van der Waals surface area contributed by atoms with E-state index in [0.29, 0.717) is 5.92 Å². The quantitative estimate of drug-likeness (QED) is 0.761. The number of benzene rings is 1. The van der Waals surface area contributed by atoms with Crippen LogP contribution in [0.25, 0.3) is 0 Å². The van der Waals surface area contributed by atoms with Crippen molar-refractivity contribution in [2.75, 3.05) is 0 Å². The summed E-state index contributed by atoms with van der Waals surface area (Å²) in [6.07, 6.45) is 4.96. The van der Waals surface area contributed by atoms with Crippen molar-refractivity contribution in [3.8, 4) is 0 Å². The highest BCUT2D eigenvalue weighted by atomic mass is 19.1. The van der Waals surface area contributed by atoms with Gasteiger partial charge in [0.05, 0.1) is 0 Å². The molecule has 0 fully saturated rings. The molecule has 0 saturated heterocycles. The SMILES string of the molecule is CCCC(Cc1ccccn1)c1ccc(F)cc1. The van der Waals surface area contributed by atoms with Crippen LogP contribution in [0.15, 0.2) is 48.7 Å². The number of nitrogens with zero attached hydrogens (tertiary/aromatic N) is 1. The largest absolute Gasteiger partial charge is 0.261 e. The Bertz CT molecular complexity index is 464. The van der Waals surface area contributed by atoms with Crippen LogP contribution in [-0.4, -0.2) is 4.98 Å². The predicted octanol–water partition coefficient (Wildman–Crippen LogP) is 4.35. The van der Waals surface area contributed by atoms with E-state index in [0.717, 1.165) is 25.0 Å². The Balaban J connectivity index is 2.15. The van der Waals surface area contributed by atoms with Gasteiger partial charge in [-0.05, 0) is 48.6 Å². The van der Waals surface area contributed by atoms with Gasteiger partial charge in [-0.15, -0.1) is 0 Å². The summed E-state index contributed by atoms with van der Waals surface area (Å²) in [5, 5.41) is 0. The summed E-state index contributed by atoms with van der Waals surface area (Å²) in [7, 11) is 0. The first kappa shape index (κ1) is 12.7. The minimum Gasteiger partial charge on any atom is -0.261 e. The van der Waals surface area contributed by atoms with Gasteiger partial charge in [0, 0.05) is 11.9 Å². The molecule has 2 rings (SSSR count). The van der Waals surface area contributed by atoms with E-state index in [1.165, 1.54) is 17.7 Å². The maximum absolute atomic E-state index is 13.0. The van der Waals surface area contributed by atoms with Gasteiger partial charge >= 0.3 is 0 Å². The van der Waals surface area contributed by atoms with Gasteiger partial charge in [0.25, 0.3) is 0 Å². The summed E-state index contributed by atoms with van der Waals surface area (Å²) >= 11 is 0. The average molecular weight is 243 g/mol. The minimum absolute atomic E-state index is 0.174. The van der Waals surface area contributed by atoms with Gasteiger partial charge in [0.2, 0.25) is 0 Å². The lowest BCUT2D eigenvalue weighted by Crippen LogP contribution is -2.04. The second-order valence-corrected chi connectivity index (χ2v) is 4.56. The van der Waals surface area contributed by atoms with Gasteiger partial charge in [-0.2, -0.15) is 0 Å². The van der Waals surface area contributed by atoms with E-state index >= 15 is 0 Å². The van der Waals surface area contributed by atoms with Crippen molar-refractivity contribution in [1.29, 1.82) is 0 Å². The van der Waals surface area contributed by atoms with Crippen molar-refractivity contribution in [2.45, 2.75) is 32.1 Å². The molecule has 1 unspecified atom stereocenters. The summed E-state index contributed by atoms with van der Waals surface area (Å²) in [5.74, 6) is 0.248. The first-order valence-corrected chi connectivity index (χ1v) is 6.45. The lowest BCUT2D eigenvalue weighted by Gasteiger charge is -2.16. The smallest absolute Gasteiger partial charge is 0.123 e. The third-order valence-electron chi connectivity index (χ3n) is 3.16. The highest BCUT2D eigenvalue weighted by molar-refractivity contribution is 5.22. The molecule has 0 N–H and O–H groups in total. The number of aromatic nitrogens is 1. The van der Waals surface area contributed by atoms with Crippen LogP contribution < -0.4 is 0 Å². The molecule has 0 radical (unpaired) electrons. The van der Waals surface area contributed by atoms with Crippen LogP contribution in [0.4, 0.5) is 4.39 Å². The second kappa shape index (κ2) is 6.29. The number of hydrogen-bond acceptors (Lipinski definition) is 1. The zero-order valence-electron chi connectivity index (χ0n) is 10.6. The molecule has 0 saturated carbocycles. The monoisotopic (exact) mass is 243 g/mol. The van der Waals surface area contributed by atoms with E-state index in [-0.39, 0.29) is 5.82 Å². The fraction of sp³-hybridized carbons (Fsp3) is 0.312. The molecule has 0 spiro atoms. The average Bonchev–Trinajstić information content (AvgIpc) is 2.40. The van der Waals surface area contributed by atoms with E-state index in [1.54, 1.807) is 0 Å². The number of pyridine rings is 1. The first-order chi connectivity index (χ1) is 8.79. The molecule has 94 valence electrons. The summed E-state index contributed by atoms with van der Waals surface area (Å²) in [5.41, 5.74) is 2.30. The number of hydrogen-bond donors (Lipinski definition) is 0. The molecule has 0 amide bonds. The van der Waals surface area contributed by atoms with Crippen molar-refractivity contribution < 1.29 is 4.39 Å². The maximum atomic E-state index is 13.0. The summed E-state index contributed by atoms with van der Waals surface area (Å²) in [4.78, 5) is 4.37. The fourth-order valence-electron chi connectivity index (χ4n) is 2.24. The van der Waals surface area contributed by atoms with Gasteiger partial charge in [-0.1, -0.05) is 31.5 Å². The summed E-state index contributed by atoms with van der Waals surface area (Å²) in [6, 6.07) is 12.8. The van der Waals surface area contributed by atoms with Crippen molar-refractivity contribution in [3.63, 3.8) is 0 Å². The Hall–Kier alpha value is -1.70. The fourth-order valence-corrected chi connectivity index (χ4v) is 2.24. The lowest BCUT2D eigenvalue weighted by atomic mass is 9.90. The van der Waals surface area contributed by atoms with Crippen molar-refractivity contribution >= 4 is 0 Å². The van der Waals surface area contributed by atoms with Crippen LogP contribution in [0.1, 0.15) is 36.9 Å². The normalized spacial score (nSPS) is 12.3. The third kappa shape index (κ3) is 3.39. The standard InChI is InChI=1S/C16H18FN/c1-2-5-14(12-16-6-3-4-11-18-16)13-7-9-15(17)10-8-13/h3-4,6-11,14H,2,5,12H2,1H3. The molecule has 0 bridgehead atoms. The molecule has 1 aromatic carbocycles. The second-order valence-electron chi connectivity index (χ2n) is 4.56. The topological polar surface area (TPSA) is 12.9 Å². The molecule has 2 aromatic rings. The zero-order chi connectivity index (χ0) is 12.8. The summed E-state index contributed by atoms with van der Waals surface area (Å²) in [6.45, 7) is 2.18. The van der Waals surface area contributed by atoms with Crippen LogP contribution in [-0.2, 0) is 6.42 Å². The Morgan fingerprint density at radius 2 is 1.89 bits per heavy atom. The number of rotatable bonds is 5. The highest BCUT2D eigenvalue weighted by Crippen LogP contribution is 2.25. The van der Waals surface area contributed by atoms with Gasteiger partial charge in [-0.3, -0.25) is 4.98 Å². The Kier molecular flexibility index (Phi) is 4.46. The Morgan fingerprint density at radius 3 is 2.50 bits per heavy atom. The van der Waals surface area contributed by atoms with Crippen LogP contribution in [0.2, 0.25) is 0 Å². The molecule has 0 aliphatic carbocycles. The van der Waals surface area contributed by atoms with E-state index in [2.05, 4.69) is 11.9 Å². The maximum Gasteiger partial charge on any atom is 0.123 e.